The van der Waals surface area contributed by atoms with Crippen LogP contribution in [0.2, 0.25) is 0 Å². The number of hydrogen-bond donors (Lipinski definition) is 2. The predicted octanol–water partition coefficient (Wildman–Crippen LogP) is 3.20. The topological polar surface area (TPSA) is 120 Å². The number of morpholine rings is 1. The van der Waals surface area contributed by atoms with Crippen molar-refractivity contribution in [3.63, 3.8) is 0 Å². The molecule has 2 aromatic heterocycles. The molecule has 2 saturated heterocycles. The number of hydrogen-bond acceptors (Lipinski definition) is 8. The predicted molar refractivity (Wildman–Crippen MR) is 147 cm³/mol. The number of nitrogens with one attached hydrogen (secondary N) is 1. The van der Waals surface area contributed by atoms with E-state index < -0.39 is 5.91 Å². The highest BCUT2D eigenvalue weighted by molar-refractivity contribution is 5.98. The van der Waals surface area contributed by atoms with E-state index in [2.05, 4.69) is 62.3 Å². The number of primary amides is 1. The summed E-state index contributed by atoms with van der Waals surface area (Å²) < 4.78 is 5.45. The first kappa shape index (κ1) is 25.5. The summed E-state index contributed by atoms with van der Waals surface area (Å²) in [5, 5.41) is 12.6. The molecule has 5 rings (SSSR count). The molecular formula is C29H33N7O2. The lowest BCUT2D eigenvalue weighted by molar-refractivity contribution is 0.100. The second-order valence-corrected chi connectivity index (χ2v) is 10.0. The van der Waals surface area contributed by atoms with Crippen LogP contribution in [0.5, 0.6) is 0 Å². The number of ether oxygens (including phenoxy) is 1. The molecule has 2 aliphatic heterocycles. The van der Waals surface area contributed by atoms with Crippen LogP contribution in [0.15, 0.2) is 54.9 Å². The zero-order valence-corrected chi connectivity index (χ0v) is 21.6. The Morgan fingerprint density at radius 2 is 1.89 bits per heavy atom. The summed E-state index contributed by atoms with van der Waals surface area (Å²) >= 11 is 0. The van der Waals surface area contributed by atoms with E-state index in [1.165, 1.54) is 5.69 Å². The number of benzene rings is 1. The van der Waals surface area contributed by atoms with Crippen molar-refractivity contribution in [2.24, 2.45) is 11.7 Å². The van der Waals surface area contributed by atoms with Gasteiger partial charge in [-0.05, 0) is 48.2 Å². The van der Waals surface area contributed by atoms with Gasteiger partial charge in [-0.3, -0.25) is 9.78 Å². The number of nitrogens with two attached hydrogens (primary N) is 1. The van der Waals surface area contributed by atoms with Crippen molar-refractivity contribution in [3.05, 3.63) is 77.2 Å². The van der Waals surface area contributed by atoms with E-state index in [4.69, 9.17) is 15.7 Å². The SMILES string of the molecule is C[C@H]1CN(c2ccc(C#N)cn2)CC[C@H]1Nc1cc(Cc2ccc(N3CCOCC3)cc2)ncc1C(N)=O. The van der Waals surface area contributed by atoms with Gasteiger partial charge < -0.3 is 25.6 Å². The fourth-order valence-electron chi connectivity index (χ4n) is 5.17. The number of amides is 1. The zero-order valence-electron chi connectivity index (χ0n) is 21.6. The molecule has 196 valence electrons. The average molecular weight is 512 g/mol. The molecule has 3 aromatic rings. The van der Waals surface area contributed by atoms with Crippen LogP contribution < -0.4 is 20.9 Å². The molecule has 2 fully saturated rings. The maximum absolute atomic E-state index is 12.2. The van der Waals surface area contributed by atoms with Crippen LogP contribution in [0.3, 0.4) is 0 Å². The Hall–Kier alpha value is -4.16. The van der Waals surface area contributed by atoms with Crippen LogP contribution >= 0.6 is 0 Å². The monoisotopic (exact) mass is 511 g/mol. The molecule has 1 aromatic carbocycles. The van der Waals surface area contributed by atoms with Gasteiger partial charge in [0.2, 0.25) is 0 Å². The molecule has 0 saturated carbocycles. The van der Waals surface area contributed by atoms with Gasteiger partial charge in [-0.1, -0.05) is 19.1 Å². The minimum absolute atomic E-state index is 0.172. The van der Waals surface area contributed by atoms with Gasteiger partial charge in [-0.2, -0.15) is 5.26 Å². The Balaban J connectivity index is 1.26. The van der Waals surface area contributed by atoms with Crippen molar-refractivity contribution >= 4 is 23.1 Å². The Morgan fingerprint density at radius 3 is 2.55 bits per heavy atom. The standard InChI is InChI=1S/C29H33N7O2/c1-20-19-36(28-7-4-22(16-30)17-33-28)9-8-26(20)34-27-15-23(32-18-25(27)29(31)37)14-21-2-5-24(6-3-21)35-10-12-38-13-11-35/h2-7,15,17-18,20,26H,8-14,19H2,1H3,(H2,31,37)(H,32,34)/t20-,26+/m0/s1. The number of carbonyl (C=O) groups excluding carboxylic acids is 1. The first-order valence-corrected chi connectivity index (χ1v) is 13.1. The quantitative estimate of drug-likeness (QED) is 0.496. The van der Waals surface area contributed by atoms with Crippen LogP contribution in [0.4, 0.5) is 17.2 Å². The van der Waals surface area contributed by atoms with E-state index in [9.17, 15) is 4.79 Å². The third-order valence-corrected chi connectivity index (χ3v) is 7.37. The molecule has 0 bridgehead atoms. The lowest BCUT2D eigenvalue weighted by Crippen LogP contribution is -2.45. The second-order valence-electron chi connectivity index (χ2n) is 10.0. The maximum Gasteiger partial charge on any atom is 0.252 e. The Kier molecular flexibility index (Phi) is 7.70. The van der Waals surface area contributed by atoms with E-state index in [0.29, 0.717) is 23.5 Å². The molecule has 9 heteroatoms. The first-order chi connectivity index (χ1) is 18.5. The fourth-order valence-corrected chi connectivity index (χ4v) is 5.17. The molecule has 0 spiro atoms. The number of nitrogens with zero attached hydrogens (tertiary/aromatic N) is 5. The van der Waals surface area contributed by atoms with Gasteiger partial charge >= 0.3 is 0 Å². The summed E-state index contributed by atoms with van der Waals surface area (Å²) in [6, 6.07) is 16.5. The molecular weight excluding hydrogens is 478 g/mol. The third kappa shape index (κ3) is 5.87. The summed E-state index contributed by atoms with van der Waals surface area (Å²) in [4.78, 5) is 25.7. The minimum Gasteiger partial charge on any atom is -0.381 e. The molecule has 38 heavy (non-hydrogen) atoms. The number of anilines is 3. The number of rotatable bonds is 7. The molecule has 0 radical (unpaired) electrons. The van der Waals surface area contributed by atoms with E-state index >= 15 is 0 Å². The molecule has 1 amide bonds. The Morgan fingerprint density at radius 1 is 1.11 bits per heavy atom. The van der Waals surface area contributed by atoms with Crippen molar-refractivity contribution in [1.29, 1.82) is 5.26 Å². The van der Waals surface area contributed by atoms with Crippen molar-refractivity contribution in [3.8, 4) is 6.07 Å². The summed E-state index contributed by atoms with van der Waals surface area (Å²) in [5.41, 5.74) is 10.6. The number of nitriles is 1. The molecule has 0 unspecified atom stereocenters. The highest BCUT2D eigenvalue weighted by atomic mass is 16.5. The lowest BCUT2D eigenvalue weighted by Gasteiger charge is -2.38. The van der Waals surface area contributed by atoms with Crippen LogP contribution in [0, 0.1) is 17.2 Å². The fraction of sp³-hybridized carbons (Fsp3) is 0.379. The highest BCUT2D eigenvalue weighted by Gasteiger charge is 2.28. The number of piperidine rings is 1. The minimum atomic E-state index is -0.492. The third-order valence-electron chi connectivity index (χ3n) is 7.37. The van der Waals surface area contributed by atoms with Gasteiger partial charge in [0, 0.05) is 62.4 Å². The molecule has 2 aliphatic rings. The Labute approximate surface area is 223 Å². The smallest absolute Gasteiger partial charge is 0.252 e. The van der Waals surface area contributed by atoms with Crippen LogP contribution in [-0.2, 0) is 11.2 Å². The molecule has 4 heterocycles. The van der Waals surface area contributed by atoms with E-state index in [0.717, 1.165) is 68.6 Å². The highest BCUT2D eigenvalue weighted by Crippen LogP contribution is 2.27. The zero-order chi connectivity index (χ0) is 26.5. The lowest BCUT2D eigenvalue weighted by atomic mass is 9.93. The van der Waals surface area contributed by atoms with Gasteiger partial charge in [-0.25, -0.2) is 4.98 Å². The maximum atomic E-state index is 12.2. The van der Waals surface area contributed by atoms with E-state index in [-0.39, 0.29) is 6.04 Å². The van der Waals surface area contributed by atoms with Crippen molar-refractivity contribution in [2.45, 2.75) is 25.8 Å². The summed E-state index contributed by atoms with van der Waals surface area (Å²) in [5.74, 6) is 0.678. The normalized spacial score (nSPS) is 19.6. The van der Waals surface area contributed by atoms with Gasteiger partial charge in [0.25, 0.3) is 5.91 Å². The average Bonchev–Trinajstić information content (AvgIpc) is 2.95. The van der Waals surface area contributed by atoms with E-state index in [1.54, 1.807) is 18.5 Å². The summed E-state index contributed by atoms with van der Waals surface area (Å²) in [6.07, 6.45) is 4.73. The van der Waals surface area contributed by atoms with Gasteiger partial charge in [-0.15, -0.1) is 0 Å². The van der Waals surface area contributed by atoms with Crippen LogP contribution in [0.25, 0.3) is 0 Å². The molecule has 0 aliphatic carbocycles. The molecule has 9 nitrogen and oxygen atoms in total. The number of carbonyl (C=O) groups is 1. The van der Waals surface area contributed by atoms with Crippen LogP contribution in [-0.4, -0.2) is 61.3 Å². The number of pyridine rings is 2. The van der Waals surface area contributed by atoms with Gasteiger partial charge in [0.1, 0.15) is 11.9 Å². The van der Waals surface area contributed by atoms with Crippen molar-refractivity contribution < 1.29 is 9.53 Å². The number of aromatic nitrogens is 2. The van der Waals surface area contributed by atoms with E-state index in [1.807, 2.05) is 12.1 Å². The van der Waals surface area contributed by atoms with Gasteiger partial charge in [0.15, 0.2) is 0 Å². The molecule has 2 atom stereocenters. The molecule has 3 N–H and O–H groups in total. The Bertz CT molecular complexity index is 1300. The second kappa shape index (κ2) is 11.5. The first-order valence-electron chi connectivity index (χ1n) is 13.1. The van der Waals surface area contributed by atoms with Crippen LogP contribution in [0.1, 0.15) is 40.5 Å². The summed E-state index contributed by atoms with van der Waals surface area (Å²) in [6.45, 7) is 7.17. The summed E-state index contributed by atoms with van der Waals surface area (Å²) in [7, 11) is 0. The largest absolute Gasteiger partial charge is 0.381 e. The van der Waals surface area contributed by atoms with Crippen molar-refractivity contribution in [2.75, 3.05) is 54.5 Å². The van der Waals surface area contributed by atoms with Crippen molar-refractivity contribution in [1.82, 2.24) is 9.97 Å². The van der Waals surface area contributed by atoms with Gasteiger partial charge in [0.05, 0.1) is 30.0 Å².